The second-order valence-electron chi connectivity index (χ2n) is 6.85. The zero-order valence-electron chi connectivity index (χ0n) is 15.6. The van der Waals surface area contributed by atoms with Gasteiger partial charge in [0.2, 0.25) is 5.91 Å². The van der Waals surface area contributed by atoms with Gasteiger partial charge < -0.3 is 19.4 Å². The second-order valence-corrected chi connectivity index (χ2v) is 6.85. The molecule has 1 amide bonds. The average Bonchev–Trinajstić information content (AvgIpc) is 3.28. The minimum Gasteiger partial charge on any atom is -0.378 e. The Morgan fingerprint density at radius 3 is 2.59 bits per heavy atom. The summed E-state index contributed by atoms with van der Waals surface area (Å²) in [4.78, 5) is 19.1. The van der Waals surface area contributed by atoms with Crippen molar-refractivity contribution in [2.24, 2.45) is 0 Å². The van der Waals surface area contributed by atoms with Crippen molar-refractivity contribution in [2.75, 3.05) is 62.3 Å². The molecular weight excluding hydrogens is 346 g/mol. The Balaban J connectivity index is 1.37. The molecule has 0 N–H and O–H groups in total. The van der Waals surface area contributed by atoms with Gasteiger partial charge in [0.05, 0.1) is 25.1 Å². The number of nitrogens with zero attached hydrogens (tertiary/aromatic N) is 7. The second kappa shape index (κ2) is 7.91. The van der Waals surface area contributed by atoms with Gasteiger partial charge in [-0.2, -0.15) is 10.2 Å². The number of carbonyl (C=O) groups excluding carboxylic acids is 1. The summed E-state index contributed by atoms with van der Waals surface area (Å²) in [7, 11) is 0. The van der Waals surface area contributed by atoms with Crippen molar-refractivity contribution in [1.82, 2.24) is 24.9 Å². The Labute approximate surface area is 158 Å². The van der Waals surface area contributed by atoms with Gasteiger partial charge >= 0.3 is 0 Å². The number of rotatable bonds is 4. The van der Waals surface area contributed by atoms with Crippen molar-refractivity contribution in [3.05, 3.63) is 30.7 Å². The summed E-state index contributed by atoms with van der Waals surface area (Å²) >= 11 is 0. The first-order valence-electron chi connectivity index (χ1n) is 9.40. The molecule has 144 valence electrons. The molecule has 2 aliphatic heterocycles. The number of aromatic nitrogens is 4. The average molecular weight is 371 g/mol. The van der Waals surface area contributed by atoms with Crippen molar-refractivity contribution in [1.29, 1.82) is 0 Å². The molecule has 27 heavy (non-hydrogen) atoms. The van der Waals surface area contributed by atoms with Gasteiger partial charge in [-0.05, 0) is 13.0 Å². The van der Waals surface area contributed by atoms with Gasteiger partial charge in [0, 0.05) is 57.7 Å². The van der Waals surface area contributed by atoms with Crippen LogP contribution in [-0.2, 0) is 9.53 Å². The van der Waals surface area contributed by atoms with Crippen molar-refractivity contribution in [3.63, 3.8) is 0 Å². The van der Waals surface area contributed by atoms with Gasteiger partial charge in [-0.15, -0.1) is 5.10 Å². The minimum atomic E-state index is -0.276. The minimum absolute atomic E-state index is 0.111. The molecule has 4 heterocycles. The van der Waals surface area contributed by atoms with Crippen molar-refractivity contribution >= 4 is 17.4 Å². The normalized spacial score (nSPS) is 19.2. The Morgan fingerprint density at radius 1 is 1.11 bits per heavy atom. The molecule has 0 radical (unpaired) electrons. The van der Waals surface area contributed by atoms with E-state index in [1.807, 2.05) is 24.1 Å². The number of ether oxygens (including phenoxy) is 1. The SMILES string of the molecule is CC(C(=O)N1CCN(c2cnnc(N3CCOCC3)c2)CC1)n1cccn1. The van der Waals surface area contributed by atoms with Crippen LogP contribution in [0.15, 0.2) is 30.7 Å². The molecule has 2 aromatic rings. The summed E-state index contributed by atoms with van der Waals surface area (Å²) in [5.41, 5.74) is 1.05. The lowest BCUT2D eigenvalue weighted by Crippen LogP contribution is -2.50. The van der Waals surface area contributed by atoms with Crippen LogP contribution in [-0.4, -0.2) is 83.3 Å². The van der Waals surface area contributed by atoms with Crippen LogP contribution in [0.2, 0.25) is 0 Å². The van der Waals surface area contributed by atoms with E-state index in [-0.39, 0.29) is 11.9 Å². The molecule has 0 saturated carbocycles. The lowest BCUT2D eigenvalue weighted by atomic mass is 10.2. The maximum Gasteiger partial charge on any atom is 0.247 e. The molecule has 2 saturated heterocycles. The molecule has 0 aromatic carbocycles. The van der Waals surface area contributed by atoms with E-state index >= 15 is 0 Å². The number of morpholine rings is 1. The third-order valence-electron chi connectivity index (χ3n) is 5.20. The molecule has 0 spiro atoms. The van der Waals surface area contributed by atoms with Gasteiger partial charge in [0.25, 0.3) is 0 Å². The van der Waals surface area contributed by atoms with E-state index in [0.29, 0.717) is 13.1 Å². The molecule has 2 aromatic heterocycles. The molecule has 2 aliphatic rings. The molecule has 1 atom stereocenters. The van der Waals surface area contributed by atoms with Crippen LogP contribution in [0.25, 0.3) is 0 Å². The molecule has 0 bridgehead atoms. The Hall–Kier alpha value is -2.68. The number of piperazine rings is 1. The van der Waals surface area contributed by atoms with E-state index < -0.39 is 0 Å². The highest BCUT2D eigenvalue weighted by Gasteiger charge is 2.26. The van der Waals surface area contributed by atoms with Gasteiger partial charge in [-0.25, -0.2) is 0 Å². The monoisotopic (exact) mass is 371 g/mol. The van der Waals surface area contributed by atoms with E-state index in [4.69, 9.17) is 4.74 Å². The van der Waals surface area contributed by atoms with Gasteiger partial charge in [-0.3, -0.25) is 9.48 Å². The lowest BCUT2D eigenvalue weighted by molar-refractivity contribution is -0.134. The molecule has 1 unspecified atom stereocenters. The molecule has 2 fully saturated rings. The number of hydrogen-bond donors (Lipinski definition) is 0. The van der Waals surface area contributed by atoms with Crippen LogP contribution < -0.4 is 9.80 Å². The zero-order chi connectivity index (χ0) is 18.6. The zero-order valence-corrected chi connectivity index (χ0v) is 15.6. The smallest absolute Gasteiger partial charge is 0.247 e. The van der Waals surface area contributed by atoms with Crippen LogP contribution >= 0.6 is 0 Å². The highest BCUT2D eigenvalue weighted by molar-refractivity contribution is 5.80. The molecule has 9 nitrogen and oxygen atoms in total. The Morgan fingerprint density at radius 2 is 1.89 bits per heavy atom. The summed E-state index contributed by atoms with van der Waals surface area (Å²) in [6.45, 7) is 7.97. The number of anilines is 2. The van der Waals surface area contributed by atoms with Crippen LogP contribution in [0.5, 0.6) is 0 Å². The molecule has 0 aliphatic carbocycles. The van der Waals surface area contributed by atoms with E-state index in [9.17, 15) is 4.79 Å². The Kier molecular flexibility index (Phi) is 5.19. The van der Waals surface area contributed by atoms with Crippen molar-refractivity contribution in [3.8, 4) is 0 Å². The maximum absolute atomic E-state index is 12.7. The van der Waals surface area contributed by atoms with Crippen molar-refractivity contribution in [2.45, 2.75) is 13.0 Å². The first kappa shape index (κ1) is 17.7. The van der Waals surface area contributed by atoms with Crippen LogP contribution in [0.4, 0.5) is 11.5 Å². The van der Waals surface area contributed by atoms with Gasteiger partial charge in [-0.1, -0.05) is 0 Å². The standard InChI is InChI=1S/C18H25N7O2/c1-15(25-4-2-3-20-25)18(26)24-7-5-22(6-8-24)16-13-17(21-19-14-16)23-9-11-27-12-10-23/h2-4,13-15H,5-12H2,1H3. The fraction of sp³-hybridized carbons (Fsp3) is 0.556. The van der Waals surface area contributed by atoms with E-state index in [1.54, 1.807) is 17.1 Å². The first-order valence-corrected chi connectivity index (χ1v) is 9.40. The van der Waals surface area contributed by atoms with Gasteiger partial charge in [0.1, 0.15) is 6.04 Å². The van der Waals surface area contributed by atoms with E-state index in [0.717, 1.165) is 50.9 Å². The third kappa shape index (κ3) is 3.87. The molecular formula is C18H25N7O2. The van der Waals surface area contributed by atoms with Gasteiger partial charge in [0.15, 0.2) is 5.82 Å². The molecule has 9 heteroatoms. The molecule has 4 rings (SSSR count). The third-order valence-corrected chi connectivity index (χ3v) is 5.20. The number of amides is 1. The van der Waals surface area contributed by atoms with Crippen LogP contribution in [0.3, 0.4) is 0 Å². The van der Waals surface area contributed by atoms with E-state index in [2.05, 4.69) is 31.2 Å². The highest BCUT2D eigenvalue weighted by Crippen LogP contribution is 2.21. The summed E-state index contributed by atoms with van der Waals surface area (Å²) < 4.78 is 7.11. The fourth-order valence-corrected chi connectivity index (χ4v) is 3.54. The fourth-order valence-electron chi connectivity index (χ4n) is 3.54. The summed E-state index contributed by atoms with van der Waals surface area (Å²) in [6.07, 6.45) is 5.33. The highest BCUT2D eigenvalue weighted by atomic mass is 16.5. The quantitative estimate of drug-likeness (QED) is 0.771. The predicted octanol–water partition coefficient (Wildman–Crippen LogP) is 0.420. The summed E-state index contributed by atoms with van der Waals surface area (Å²) in [6, 6.07) is 3.65. The first-order chi connectivity index (χ1) is 13.2. The number of hydrogen-bond acceptors (Lipinski definition) is 7. The predicted molar refractivity (Wildman–Crippen MR) is 101 cm³/mol. The largest absolute Gasteiger partial charge is 0.378 e. The topological polar surface area (TPSA) is 79.6 Å². The van der Waals surface area contributed by atoms with E-state index in [1.165, 1.54) is 0 Å². The Bertz CT molecular complexity index is 753. The van der Waals surface area contributed by atoms with Crippen molar-refractivity contribution < 1.29 is 9.53 Å². The van der Waals surface area contributed by atoms with Crippen LogP contribution in [0.1, 0.15) is 13.0 Å². The lowest BCUT2D eigenvalue weighted by Gasteiger charge is -2.37. The number of carbonyl (C=O) groups is 1. The summed E-state index contributed by atoms with van der Waals surface area (Å²) in [5.74, 6) is 1.00. The summed E-state index contributed by atoms with van der Waals surface area (Å²) in [5, 5.41) is 12.6. The maximum atomic E-state index is 12.7. The van der Waals surface area contributed by atoms with Crippen LogP contribution in [0, 0.1) is 0 Å².